The summed E-state index contributed by atoms with van der Waals surface area (Å²) in [6, 6.07) is 18.7. The van der Waals surface area contributed by atoms with E-state index in [9.17, 15) is 0 Å². The van der Waals surface area contributed by atoms with Crippen LogP contribution in [0.15, 0.2) is 54.6 Å². The summed E-state index contributed by atoms with van der Waals surface area (Å²) in [7, 11) is 0. The second kappa shape index (κ2) is 8.00. The molecule has 118 valence electrons. The van der Waals surface area contributed by atoms with Gasteiger partial charge < -0.3 is 10.5 Å². The van der Waals surface area contributed by atoms with E-state index in [0.717, 1.165) is 31.6 Å². The molecule has 0 bridgehead atoms. The number of nitrogens with two attached hydrogens (primary N) is 1. The van der Waals surface area contributed by atoms with E-state index in [1.807, 2.05) is 18.2 Å². The maximum absolute atomic E-state index is 6.03. The number of benzene rings is 2. The molecule has 2 nitrogen and oxygen atoms in total. The van der Waals surface area contributed by atoms with E-state index in [-0.39, 0.29) is 5.41 Å². The van der Waals surface area contributed by atoms with Crippen molar-refractivity contribution in [3.63, 3.8) is 0 Å². The van der Waals surface area contributed by atoms with Crippen molar-refractivity contribution in [2.24, 2.45) is 5.73 Å². The van der Waals surface area contributed by atoms with Crippen LogP contribution < -0.4 is 10.5 Å². The van der Waals surface area contributed by atoms with Crippen LogP contribution in [0.5, 0.6) is 5.75 Å². The van der Waals surface area contributed by atoms with Crippen molar-refractivity contribution >= 4 is 0 Å². The van der Waals surface area contributed by atoms with Crippen LogP contribution in [0.3, 0.4) is 0 Å². The molecule has 0 aliphatic rings. The van der Waals surface area contributed by atoms with E-state index >= 15 is 0 Å². The van der Waals surface area contributed by atoms with E-state index in [2.05, 4.69) is 50.2 Å². The minimum Gasteiger partial charge on any atom is -0.493 e. The predicted molar refractivity (Wildman–Crippen MR) is 93.4 cm³/mol. The van der Waals surface area contributed by atoms with Gasteiger partial charge in [0.25, 0.3) is 0 Å². The van der Waals surface area contributed by atoms with E-state index in [0.29, 0.717) is 6.54 Å². The average Bonchev–Trinajstić information content (AvgIpc) is 2.57. The highest BCUT2D eigenvalue weighted by Gasteiger charge is 2.23. The summed E-state index contributed by atoms with van der Waals surface area (Å²) in [4.78, 5) is 0. The van der Waals surface area contributed by atoms with Crippen molar-refractivity contribution in [1.82, 2.24) is 0 Å². The van der Waals surface area contributed by atoms with Crippen molar-refractivity contribution in [2.45, 2.75) is 38.5 Å². The lowest BCUT2D eigenvalue weighted by Gasteiger charge is -2.28. The summed E-state index contributed by atoms with van der Waals surface area (Å²) in [5, 5.41) is 0. The van der Waals surface area contributed by atoms with E-state index in [1.165, 1.54) is 11.1 Å². The van der Waals surface area contributed by atoms with Crippen LogP contribution in [0, 0.1) is 6.92 Å². The first kappa shape index (κ1) is 16.6. The lowest BCUT2D eigenvalue weighted by atomic mass is 9.78. The number of hydrogen-bond acceptors (Lipinski definition) is 2. The Morgan fingerprint density at radius 2 is 1.64 bits per heavy atom. The molecule has 22 heavy (non-hydrogen) atoms. The fourth-order valence-electron chi connectivity index (χ4n) is 2.72. The average molecular weight is 297 g/mol. The molecule has 0 aromatic heterocycles. The van der Waals surface area contributed by atoms with E-state index in [1.54, 1.807) is 0 Å². The molecule has 0 radical (unpaired) electrons. The number of rotatable bonds is 8. The van der Waals surface area contributed by atoms with E-state index < -0.39 is 0 Å². The molecule has 0 spiro atoms. The summed E-state index contributed by atoms with van der Waals surface area (Å²) in [5.41, 5.74) is 8.62. The highest BCUT2D eigenvalue weighted by atomic mass is 16.5. The first-order valence-electron chi connectivity index (χ1n) is 8.10. The largest absolute Gasteiger partial charge is 0.493 e. The molecule has 0 aliphatic heterocycles. The van der Waals surface area contributed by atoms with E-state index in [4.69, 9.17) is 10.5 Å². The maximum atomic E-state index is 6.03. The zero-order valence-corrected chi connectivity index (χ0v) is 13.7. The van der Waals surface area contributed by atoms with Crippen LogP contribution in [0.2, 0.25) is 0 Å². The number of aryl methyl sites for hydroxylation is 1. The van der Waals surface area contributed by atoms with Gasteiger partial charge in [0, 0.05) is 12.0 Å². The van der Waals surface area contributed by atoms with Crippen molar-refractivity contribution in [3.05, 3.63) is 65.7 Å². The fourth-order valence-corrected chi connectivity index (χ4v) is 2.72. The Hall–Kier alpha value is -1.80. The molecule has 2 N–H and O–H groups in total. The highest BCUT2D eigenvalue weighted by Crippen LogP contribution is 2.28. The SMILES string of the molecule is Cc1ccccc1OCCCCC(C)(CN)c1ccccc1. The molecule has 2 aromatic carbocycles. The Labute approximate surface area is 134 Å². The number of unbranched alkanes of at least 4 members (excludes halogenated alkanes) is 1. The molecule has 0 aliphatic carbocycles. The molecular formula is C20H27NO. The van der Waals surface area contributed by atoms with Crippen molar-refractivity contribution in [2.75, 3.05) is 13.2 Å². The zero-order valence-electron chi connectivity index (χ0n) is 13.7. The molecule has 0 heterocycles. The van der Waals surface area contributed by atoms with Crippen LogP contribution in [-0.2, 0) is 5.41 Å². The van der Waals surface area contributed by atoms with Gasteiger partial charge in [0.2, 0.25) is 0 Å². The highest BCUT2D eigenvalue weighted by molar-refractivity contribution is 5.31. The van der Waals surface area contributed by atoms with Gasteiger partial charge in [-0.25, -0.2) is 0 Å². The Morgan fingerprint density at radius 3 is 2.32 bits per heavy atom. The van der Waals surface area contributed by atoms with Crippen LogP contribution in [-0.4, -0.2) is 13.2 Å². The van der Waals surface area contributed by atoms with Gasteiger partial charge in [-0.05, 0) is 43.4 Å². The molecule has 2 rings (SSSR count). The fraction of sp³-hybridized carbons (Fsp3) is 0.400. The Morgan fingerprint density at radius 1 is 0.955 bits per heavy atom. The summed E-state index contributed by atoms with van der Waals surface area (Å²) in [6.45, 7) is 5.77. The van der Waals surface area contributed by atoms with Gasteiger partial charge in [-0.2, -0.15) is 0 Å². The van der Waals surface area contributed by atoms with Crippen molar-refractivity contribution < 1.29 is 4.74 Å². The molecule has 2 aromatic rings. The van der Waals surface area contributed by atoms with Gasteiger partial charge in [-0.15, -0.1) is 0 Å². The third-order valence-corrected chi connectivity index (χ3v) is 4.40. The molecule has 1 atom stereocenters. The topological polar surface area (TPSA) is 35.2 Å². The molecule has 2 heteroatoms. The predicted octanol–water partition coefficient (Wildman–Crippen LogP) is 4.46. The number of hydrogen-bond donors (Lipinski definition) is 1. The Balaban J connectivity index is 1.79. The smallest absolute Gasteiger partial charge is 0.122 e. The number of ether oxygens (including phenoxy) is 1. The Kier molecular flexibility index (Phi) is 6.02. The zero-order chi connectivity index (χ0) is 15.8. The molecule has 0 amide bonds. The van der Waals surface area contributed by atoms with Gasteiger partial charge in [0.15, 0.2) is 0 Å². The second-order valence-corrected chi connectivity index (χ2v) is 6.20. The van der Waals surface area contributed by atoms with Gasteiger partial charge >= 0.3 is 0 Å². The third-order valence-electron chi connectivity index (χ3n) is 4.40. The van der Waals surface area contributed by atoms with Crippen LogP contribution in [0.25, 0.3) is 0 Å². The standard InChI is InChI=1S/C20H27NO/c1-17-10-6-7-13-19(17)22-15-9-8-14-20(2,16-21)18-11-4-3-5-12-18/h3-7,10-13H,8-9,14-16,21H2,1-2H3. The van der Waals surface area contributed by atoms with Crippen LogP contribution in [0.1, 0.15) is 37.3 Å². The van der Waals surface area contributed by atoms with Gasteiger partial charge in [-0.1, -0.05) is 55.5 Å². The molecular weight excluding hydrogens is 270 g/mol. The molecule has 0 saturated carbocycles. The normalized spacial score (nSPS) is 13.6. The van der Waals surface area contributed by atoms with Gasteiger partial charge in [0.05, 0.1) is 6.61 Å². The second-order valence-electron chi connectivity index (χ2n) is 6.20. The molecule has 1 unspecified atom stereocenters. The van der Waals surface area contributed by atoms with Crippen LogP contribution in [0.4, 0.5) is 0 Å². The van der Waals surface area contributed by atoms with Crippen molar-refractivity contribution in [1.29, 1.82) is 0 Å². The quantitative estimate of drug-likeness (QED) is 0.730. The first-order chi connectivity index (χ1) is 10.7. The lowest BCUT2D eigenvalue weighted by molar-refractivity contribution is 0.294. The Bertz CT molecular complexity index is 567. The van der Waals surface area contributed by atoms with Gasteiger partial charge in [0.1, 0.15) is 5.75 Å². The van der Waals surface area contributed by atoms with Crippen molar-refractivity contribution in [3.8, 4) is 5.75 Å². The summed E-state index contributed by atoms with van der Waals surface area (Å²) in [6.07, 6.45) is 3.26. The third kappa shape index (κ3) is 4.35. The van der Waals surface area contributed by atoms with Gasteiger partial charge in [-0.3, -0.25) is 0 Å². The lowest BCUT2D eigenvalue weighted by Crippen LogP contribution is -2.31. The summed E-state index contributed by atoms with van der Waals surface area (Å²) < 4.78 is 5.86. The van der Waals surface area contributed by atoms with Crippen LogP contribution >= 0.6 is 0 Å². The summed E-state index contributed by atoms with van der Waals surface area (Å²) >= 11 is 0. The summed E-state index contributed by atoms with van der Waals surface area (Å²) in [5.74, 6) is 0.993. The first-order valence-corrected chi connectivity index (χ1v) is 8.10. The molecule has 0 fully saturated rings. The minimum absolute atomic E-state index is 0.0594. The monoisotopic (exact) mass is 297 g/mol. The minimum atomic E-state index is 0.0594. The molecule has 0 saturated heterocycles. The number of para-hydroxylation sites is 1. The maximum Gasteiger partial charge on any atom is 0.122 e.